The number of carbonyl (C=O) groups excluding carboxylic acids is 1. The fourth-order valence-corrected chi connectivity index (χ4v) is 3.69. The van der Waals surface area contributed by atoms with Gasteiger partial charge in [-0.25, -0.2) is 0 Å². The molecule has 108 valence electrons. The second kappa shape index (κ2) is 4.28. The molecule has 2 aliphatic heterocycles. The molecule has 3 heterocycles. The molecule has 0 saturated carbocycles. The molecule has 3 atom stereocenters. The van der Waals surface area contributed by atoms with Crippen molar-refractivity contribution in [1.82, 2.24) is 20.3 Å². The molecule has 2 aromatic rings. The predicted octanol–water partition coefficient (Wildman–Crippen LogP) is 1.04. The summed E-state index contributed by atoms with van der Waals surface area (Å²) in [7, 11) is 0. The average molecular weight is 286 g/mol. The van der Waals surface area contributed by atoms with Crippen LogP contribution in [0.25, 0.3) is 11.0 Å². The van der Waals surface area contributed by atoms with E-state index in [4.69, 9.17) is 0 Å². The van der Waals surface area contributed by atoms with E-state index in [1.807, 2.05) is 0 Å². The highest BCUT2D eigenvalue weighted by molar-refractivity contribution is 5.98. The van der Waals surface area contributed by atoms with Gasteiger partial charge in [-0.3, -0.25) is 9.59 Å². The molecule has 2 fully saturated rings. The first kappa shape index (κ1) is 12.3. The molecule has 7 heteroatoms. The highest BCUT2D eigenvalue weighted by Gasteiger charge is 2.51. The topological polar surface area (TPSA) is 99.2 Å². The van der Waals surface area contributed by atoms with E-state index < -0.39 is 11.9 Å². The lowest BCUT2D eigenvalue weighted by atomic mass is 9.89. The number of nitrogens with zero attached hydrogens (tertiary/aromatic N) is 3. The average Bonchev–Trinajstić information content (AvgIpc) is 3.19. The molecular weight excluding hydrogens is 272 g/mol. The highest BCUT2D eigenvalue weighted by Crippen LogP contribution is 2.42. The first-order valence-corrected chi connectivity index (χ1v) is 7.01. The Morgan fingerprint density at radius 2 is 2.05 bits per heavy atom. The number of amides is 1. The minimum atomic E-state index is -0.799. The van der Waals surface area contributed by atoms with Crippen molar-refractivity contribution in [3.05, 3.63) is 23.8 Å². The lowest BCUT2D eigenvalue weighted by Gasteiger charge is -2.23. The van der Waals surface area contributed by atoms with Gasteiger partial charge in [-0.2, -0.15) is 15.4 Å². The minimum absolute atomic E-state index is 0.0524. The summed E-state index contributed by atoms with van der Waals surface area (Å²) in [5.74, 6) is -1.33. The fraction of sp³-hybridized carbons (Fsp3) is 0.429. The van der Waals surface area contributed by atoms with Crippen molar-refractivity contribution in [3.8, 4) is 0 Å². The molecule has 2 bridgehead atoms. The number of hydrogen-bond acceptors (Lipinski definition) is 4. The van der Waals surface area contributed by atoms with Gasteiger partial charge < -0.3 is 10.0 Å². The Labute approximate surface area is 119 Å². The molecule has 0 radical (unpaired) electrons. The second-order valence-corrected chi connectivity index (χ2v) is 5.72. The highest BCUT2D eigenvalue weighted by atomic mass is 16.4. The maximum atomic E-state index is 12.7. The second-order valence-electron chi connectivity index (χ2n) is 5.72. The number of aliphatic carboxylic acids is 1. The Balaban J connectivity index is 1.67. The van der Waals surface area contributed by atoms with E-state index in [0.29, 0.717) is 23.0 Å². The number of H-pyrrole nitrogens is 1. The standard InChI is InChI=1S/C14H14N4O3/c19-13(7-1-3-10-11(5-7)16-17-15-10)18-8-2-4-12(18)9(6-8)14(20)21/h1,3,5,8-9,12H,2,4,6H2,(H,20,21)(H,15,16,17). The van der Waals surface area contributed by atoms with Gasteiger partial charge in [0, 0.05) is 17.6 Å². The van der Waals surface area contributed by atoms with Gasteiger partial charge in [-0.15, -0.1) is 0 Å². The lowest BCUT2D eigenvalue weighted by Crippen LogP contribution is -2.37. The van der Waals surface area contributed by atoms with E-state index in [1.165, 1.54) is 0 Å². The van der Waals surface area contributed by atoms with Gasteiger partial charge in [0.25, 0.3) is 5.91 Å². The number of carbonyl (C=O) groups is 2. The number of aromatic amines is 1. The van der Waals surface area contributed by atoms with Crippen molar-refractivity contribution in [2.45, 2.75) is 31.3 Å². The number of benzene rings is 1. The number of hydrogen-bond donors (Lipinski definition) is 2. The van der Waals surface area contributed by atoms with Crippen LogP contribution in [0.1, 0.15) is 29.6 Å². The molecule has 21 heavy (non-hydrogen) atoms. The third kappa shape index (κ3) is 1.73. The van der Waals surface area contributed by atoms with Crippen molar-refractivity contribution in [2.24, 2.45) is 5.92 Å². The third-order valence-electron chi connectivity index (χ3n) is 4.65. The van der Waals surface area contributed by atoms with Gasteiger partial charge in [-0.1, -0.05) is 0 Å². The Bertz CT molecular complexity index is 741. The molecular formula is C14H14N4O3. The maximum Gasteiger partial charge on any atom is 0.308 e. The first-order chi connectivity index (χ1) is 10.1. The van der Waals surface area contributed by atoms with Gasteiger partial charge in [-0.05, 0) is 37.5 Å². The van der Waals surface area contributed by atoms with E-state index in [1.54, 1.807) is 23.1 Å². The van der Waals surface area contributed by atoms with Crippen LogP contribution in [-0.4, -0.2) is 49.4 Å². The Kier molecular flexibility index (Phi) is 2.51. The Hall–Kier alpha value is -2.44. The normalized spacial score (nSPS) is 27.4. The molecule has 2 N–H and O–H groups in total. The van der Waals surface area contributed by atoms with Crippen LogP contribution in [-0.2, 0) is 4.79 Å². The number of nitrogens with one attached hydrogen (secondary N) is 1. The largest absolute Gasteiger partial charge is 0.481 e. The zero-order valence-corrected chi connectivity index (χ0v) is 11.2. The number of carboxylic acid groups (broad SMARTS) is 1. The van der Waals surface area contributed by atoms with Crippen LogP contribution in [0.3, 0.4) is 0 Å². The molecule has 0 spiro atoms. The summed E-state index contributed by atoms with van der Waals surface area (Å²) in [6.45, 7) is 0. The zero-order valence-electron chi connectivity index (χ0n) is 11.2. The van der Waals surface area contributed by atoms with E-state index in [0.717, 1.165) is 12.8 Å². The van der Waals surface area contributed by atoms with Crippen LogP contribution in [0, 0.1) is 5.92 Å². The van der Waals surface area contributed by atoms with Crippen molar-refractivity contribution >= 4 is 22.9 Å². The van der Waals surface area contributed by atoms with Crippen molar-refractivity contribution in [2.75, 3.05) is 0 Å². The molecule has 1 amide bonds. The molecule has 3 unspecified atom stereocenters. The molecule has 0 aliphatic carbocycles. The lowest BCUT2D eigenvalue weighted by molar-refractivity contribution is -0.142. The Morgan fingerprint density at radius 1 is 1.24 bits per heavy atom. The summed E-state index contributed by atoms with van der Waals surface area (Å²) in [6, 6.07) is 5.05. The van der Waals surface area contributed by atoms with Crippen LogP contribution >= 0.6 is 0 Å². The molecule has 2 aliphatic rings. The van der Waals surface area contributed by atoms with Crippen LogP contribution in [0.4, 0.5) is 0 Å². The van der Waals surface area contributed by atoms with Gasteiger partial charge in [0.1, 0.15) is 11.0 Å². The minimum Gasteiger partial charge on any atom is -0.481 e. The Morgan fingerprint density at radius 3 is 2.81 bits per heavy atom. The van der Waals surface area contributed by atoms with Gasteiger partial charge in [0.15, 0.2) is 0 Å². The molecule has 2 saturated heterocycles. The molecule has 7 nitrogen and oxygen atoms in total. The SMILES string of the molecule is O=C(O)C1CC2CCC1N2C(=O)c1ccc2n[nH]nc2c1. The summed E-state index contributed by atoms with van der Waals surface area (Å²) in [4.78, 5) is 25.8. The van der Waals surface area contributed by atoms with Gasteiger partial charge in [0.05, 0.1) is 5.92 Å². The zero-order chi connectivity index (χ0) is 14.6. The van der Waals surface area contributed by atoms with E-state index in [9.17, 15) is 14.7 Å². The molecule has 1 aromatic carbocycles. The van der Waals surface area contributed by atoms with Crippen LogP contribution in [0.5, 0.6) is 0 Å². The summed E-state index contributed by atoms with van der Waals surface area (Å²) >= 11 is 0. The molecule has 1 aromatic heterocycles. The number of fused-ring (bicyclic) bond motifs is 3. The van der Waals surface area contributed by atoms with Crippen LogP contribution < -0.4 is 0 Å². The number of rotatable bonds is 2. The van der Waals surface area contributed by atoms with Crippen molar-refractivity contribution in [3.63, 3.8) is 0 Å². The third-order valence-corrected chi connectivity index (χ3v) is 4.65. The smallest absolute Gasteiger partial charge is 0.308 e. The first-order valence-electron chi connectivity index (χ1n) is 7.01. The number of carboxylic acids is 1. The predicted molar refractivity (Wildman–Crippen MR) is 72.6 cm³/mol. The van der Waals surface area contributed by atoms with Crippen LogP contribution in [0.15, 0.2) is 18.2 Å². The van der Waals surface area contributed by atoms with Crippen molar-refractivity contribution < 1.29 is 14.7 Å². The van der Waals surface area contributed by atoms with Gasteiger partial charge >= 0.3 is 5.97 Å². The summed E-state index contributed by atoms with van der Waals surface area (Å²) in [6.07, 6.45) is 2.24. The van der Waals surface area contributed by atoms with Gasteiger partial charge in [0.2, 0.25) is 0 Å². The monoisotopic (exact) mass is 286 g/mol. The molecule has 4 rings (SSSR count). The maximum absolute atomic E-state index is 12.7. The van der Waals surface area contributed by atoms with E-state index in [2.05, 4.69) is 15.4 Å². The van der Waals surface area contributed by atoms with Crippen molar-refractivity contribution in [1.29, 1.82) is 0 Å². The fourth-order valence-electron chi connectivity index (χ4n) is 3.69. The number of aromatic nitrogens is 3. The van der Waals surface area contributed by atoms with E-state index >= 15 is 0 Å². The summed E-state index contributed by atoms with van der Waals surface area (Å²) < 4.78 is 0. The summed E-state index contributed by atoms with van der Waals surface area (Å²) in [5.41, 5.74) is 1.89. The quantitative estimate of drug-likeness (QED) is 0.859. The summed E-state index contributed by atoms with van der Waals surface area (Å²) in [5, 5.41) is 19.7. The van der Waals surface area contributed by atoms with E-state index in [-0.39, 0.29) is 18.0 Å². The van der Waals surface area contributed by atoms with Crippen LogP contribution in [0.2, 0.25) is 0 Å².